The number of carbonyl (C=O) groups excluding carboxylic acids is 3. The van der Waals surface area contributed by atoms with E-state index in [9.17, 15) is 14.4 Å². The summed E-state index contributed by atoms with van der Waals surface area (Å²) in [4.78, 5) is 36.9. The number of rotatable bonds is 53. The minimum absolute atomic E-state index is 0.216. The summed E-state index contributed by atoms with van der Waals surface area (Å²) in [5.41, 5.74) is 0.441. The Morgan fingerprint density at radius 2 is 0.735 bits per heavy atom. The molecule has 0 N–H and O–H groups in total. The van der Waals surface area contributed by atoms with Crippen LogP contribution in [0.5, 0.6) is 11.5 Å². The number of unbranched alkanes of at least 4 members (excludes halogenated alkanes) is 24. The summed E-state index contributed by atoms with van der Waals surface area (Å²) in [5, 5.41) is 0. The molecule has 0 bridgehead atoms. The van der Waals surface area contributed by atoms with Gasteiger partial charge in [0.25, 0.3) is 0 Å². The van der Waals surface area contributed by atoms with Gasteiger partial charge in [0.05, 0.1) is 44.8 Å². The van der Waals surface area contributed by atoms with E-state index in [1.807, 2.05) is 6.07 Å². The second-order valence-electron chi connectivity index (χ2n) is 18.6. The maximum Gasteiger partial charge on any atom is 0.305 e. The molecule has 1 aromatic rings. The number of aldehydes is 1. The van der Waals surface area contributed by atoms with Crippen LogP contribution in [0.2, 0.25) is 0 Å². The molecule has 0 radical (unpaired) electrons. The fraction of sp³-hybridized carbons (Fsp3) is 0.842. The summed E-state index contributed by atoms with van der Waals surface area (Å²) in [6, 6.07) is 5.29. The summed E-state index contributed by atoms with van der Waals surface area (Å²) < 4.78 is 47.1. The molecule has 0 aliphatic rings. The molecule has 0 unspecified atom stereocenters. The maximum absolute atomic E-state index is 12.5. The molecule has 1 aromatic carbocycles. The average Bonchev–Trinajstić information content (AvgIpc) is 3.35. The molecule has 0 aromatic heterocycles. The van der Waals surface area contributed by atoms with E-state index in [1.54, 1.807) is 12.1 Å². The normalized spacial score (nSPS) is 11.4. The molecule has 0 spiro atoms. The molecule has 68 heavy (non-hydrogen) atoms. The van der Waals surface area contributed by atoms with Crippen LogP contribution in [0.4, 0.5) is 0 Å². The highest BCUT2D eigenvalue weighted by Crippen LogP contribution is 2.24. The summed E-state index contributed by atoms with van der Waals surface area (Å²) >= 11 is 0. The van der Waals surface area contributed by atoms with E-state index in [1.165, 1.54) is 103 Å². The van der Waals surface area contributed by atoms with Crippen LogP contribution in [0.25, 0.3) is 0 Å². The minimum Gasteiger partial charge on any atom is -0.494 e. The number of hydrogen-bond acceptors (Lipinski definition) is 11. The SMILES string of the molecule is CCCCCCCCOC(CCC(=O)OCCCCCOc1ccc(OCCCCCOC(=O)CCC(OCCCCCCCC)OCCCCCCCC)c(C=O)c1)OCCCCCCCC. The van der Waals surface area contributed by atoms with Gasteiger partial charge in [0.15, 0.2) is 18.9 Å². The largest absolute Gasteiger partial charge is 0.494 e. The fourth-order valence-corrected chi connectivity index (χ4v) is 7.78. The van der Waals surface area contributed by atoms with Gasteiger partial charge in [-0.05, 0) is 82.4 Å². The number of hydrogen-bond donors (Lipinski definition) is 0. The first-order valence-electron chi connectivity index (χ1n) is 28.1. The molecular weight excluding hydrogens is 861 g/mol. The van der Waals surface area contributed by atoms with Crippen molar-refractivity contribution in [3.63, 3.8) is 0 Å². The van der Waals surface area contributed by atoms with Crippen molar-refractivity contribution in [2.45, 2.75) is 259 Å². The van der Waals surface area contributed by atoms with Crippen molar-refractivity contribution < 1.29 is 52.3 Å². The summed E-state index contributed by atoms with van der Waals surface area (Å²) in [6.07, 6.45) is 35.3. The van der Waals surface area contributed by atoms with Crippen molar-refractivity contribution in [1.82, 2.24) is 0 Å². The lowest BCUT2D eigenvalue weighted by Gasteiger charge is -2.18. The average molecular weight is 963 g/mol. The van der Waals surface area contributed by atoms with Gasteiger partial charge >= 0.3 is 11.9 Å². The van der Waals surface area contributed by atoms with E-state index in [0.29, 0.717) is 82.8 Å². The Morgan fingerprint density at radius 3 is 1.12 bits per heavy atom. The molecule has 0 atom stereocenters. The minimum atomic E-state index is -0.367. The van der Waals surface area contributed by atoms with Crippen molar-refractivity contribution in [3.05, 3.63) is 23.8 Å². The van der Waals surface area contributed by atoms with Crippen LogP contribution in [0.1, 0.15) is 256 Å². The number of esters is 2. The van der Waals surface area contributed by atoms with Gasteiger partial charge in [-0.15, -0.1) is 0 Å². The molecule has 0 saturated heterocycles. The molecule has 1 rings (SSSR count). The molecule has 0 amide bonds. The standard InChI is InChI=1S/C57H102O11/c1-5-9-13-17-21-27-45-65-56(66-46-28-22-18-14-10-6-2)39-37-54(59)63-43-33-25-31-41-61-52-35-36-53(51(49-52)50-58)62-42-32-26-34-44-64-55(60)38-40-57(67-47-29-23-19-15-11-7-3)68-48-30-24-20-16-12-8-4/h35-36,49-50,56-57H,5-34,37-48H2,1-4H3. The van der Waals surface area contributed by atoms with Gasteiger partial charge in [0.1, 0.15) is 11.5 Å². The Hall–Kier alpha value is -2.73. The molecular formula is C57H102O11. The Balaban J connectivity index is 2.26. The van der Waals surface area contributed by atoms with Crippen molar-refractivity contribution in [1.29, 1.82) is 0 Å². The van der Waals surface area contributed by atoms with Crippen LogP contribution >= 0.6 is 0 Å². The van der Waals surface area contributed by atoms with Crippen molar-refractivity contribution >= 4 is 18.2 Å². The van der Waals surface area contributed by atoms with Crippen LogP contribution in [0.15, 0.2) is 18.2 Å². The lowest BCUT2D eigenvalue weighted by atomic mass is 10.1. The summed E-state index contributed by atoms with van der Waals surface area (Å²) in [6.45, 7) is 13.2. The summed E-state index contributed by atoms with van der Waals surface area (Å²) in [7, 11) is 0. The zero-order chi connectivity index (χ0) is 49.2. The zero-order valence-electron chi connectivity index (χ0n) is 44.2. The van der Waals surface area contributed by atoms with Gasteiger partial charge in [-0.2, -0.15) is 0 Å². The van der Waals surface area contributed by atoms with Crippen molar-refractivity contribution in [2.24, 2.45) is 0 Å². The smallest absolute Gasteiger partial charge is 0.305 e. The molecule has 11 heteroatoms. The Kier molecular flexibility index (Phi) is 45.8. The van der Waals surface area contributed by atoms with Gasteiger partial charge in [0.2, 0.25) is 0 Å². The first-order chi connectivity index (χ1) is 33.5. The molecule has 0 saturated carbocycles. The van der Waals surface area contributed by atoms with Crippen molar-refractivity contribution in [3.8, 4) is 11.5 Å². The van der Waals surface area contributed by atoms with Crippen LogP contribution in [0.3, 0.4) is 0 Å². The van der Waals surface area contributed by atoms with Gasteiger partial charge < -0.3 is 37.9 Å². The number of carbonyl (C=O) groups is 3. The first-order valence-corrected chi connectivity index (χ1v) is 28.1. The molecule has 11 nitrogen and oxygen atoms in total. The third kappa shape index (κ3) is 40.0. The van der Waals surface area contributed by atoms with E-state index >= 15 is 0 Å². The fourth-order valence-electron chi connectivity index (χ4n) is 7.78. The zero-order valence-corrected chi connectivity index (χ0v) is 44.2. The Labute approximate surface area is 415 Å². The van der Waals surface area contributed by atoms with E-state index in [2.05, 4.69) is 27.7 Å². The van der Waals surface area contributed by atoms with Gasteiger partial charge in [-0.3, -0.25) is 14.4 Å². The molecule has 0 aliphatic heterocycles. The topological polar surface area (TPSA) is 125 Å². The molecule has 0 heterocycles. The van der Waals surface area contributed by atoms with Gasteiger partial charge in [-0.1, -0.05) is 156 Å². The highest BCUT2D eigenvalue weighted by molar-refractivity contribution is 5.80. The van der Waals surface area contributed by atoms with E-state index in [0.717, 1.165) is 96.2 Å². The van der Waals surface area contributed by atoms with Crippen LogP contribution in [-0.4, -0.2) is 83.7 Å². The highest BCUT2D eigenvalue weighted by atomic mass is 16.7. The molecule has 0 fully saturated rings. The Bertz CT molecular complexity index is 1240. The lowest BCUT2D eigenvalue weighted by molar-refractivity contribution is -0.159. The van der Waals surface area contributed by atoms with Crippen molar-refractivity contribution in [2.75, 3.05) is 52.9 Å². The Morgan fingerprint density at radius 1 is 0.412 bits per heavy atom. The van der Waals surface area contributed by atoms with Crippen LogP contribution in [0, 0.1) is 0 Å². The third-order valence-corrected chi connectivity index (χ3v) is 12.1. The predicted octanol–water partition coefficient (Wildman–Crippen LogP) is 15.4. The second-order valence-corrected chi connectivity index (χ2v) is 18.6. The second kappa shape index (κ2) is 49.3. The van der Waals surface area contributed by atoms with Gasteiger partial charge in [0, 0.05) is 39.3 Å². The third-order valence-electron chi connectivity index (χ3n) is 12.1. The molecule has 0 aliphatic carbocycles. The van der Waals surface area contributed by atoms with Crippen LogP contribution < -0.4 is 9.47 Å². The van der Waals surface area contributed by atoms with Gasteiger partial charge in [-0.25, -0.2) is 0 Å². The maximum atomic E-state index is 12.5. The van der Waals surface area contributed by atoms with Crippen LogP contribution in [-0.2, 0) is 38.0 Å². The first kappa shape index (κ1) is 63.3. The lowest BCUT2D eigenvalue weighted by Crippen LogP contribution is -2.21. The quantitative estimate of drug-likeness (QED) is 0.0268. The summed E-state index contributed by atoms with van der Waals surface area (Å²) in [5.74, 6) is 0.694. The highest BCUT2D eigenvalue weighted by Gasteiger charge is 2.15. The monoisotopic (exact) mass is 963 g/mol. The van der Waals surface area contributed by atoms with E-state index in [4.69, 9.17) is 37.9 Å². The molecule has 396 valence electrons. The van der Waals surface area contributed by atoms with E-state index < -0.39 is 0 Å². The predicted molar refractivity (Wildman–Crippen MR) is 276 cm³/mol. The van der Waals surface area contributed by atoms with E-state index in [-0.39, 0.29) is 37.4 Å². The number of ether oxygens (including phenoxy) is 8. The number of benzene rings is 1.